The van der Waals surface area contributed by atoms with E-state index in [0.29, 0.717) is 24.0 Å². The van der Waals surface area contributed by atoms with Crippen LogP contribution >= 0.6 is 24.0 Å². The summed E-state index contributed by atoms with van der Waals surface area (Å²) in [7, 11) is -2.75. The van der Waals surface area contributed by atoms with Gasteiger partial charge in [-0.1, -0.05) is 0 Å². The molecule has 1 saturated heterocycles. The van der Waals surface area contributed by atoms with Crippen LogP contribution in [0.4, 0.5) is 0 Å². The minimum Gasteiger partial charge on any atom is -0.357 e. The summed E-state index contributed by atoms with van der Waals surface area (Å²) in [5, 5.41) is 6.32. The van der Waals surface area contributed by atoms with Gasteiger partial charge in [0, 0.05) is 19.6 Å². The minimum absolute atomic E-state index is 0. The molecule has 18 heavy (non-hydrogen) atoms. The minimum atomic E-state index is -2.75. The molecular formula is C11H24IN3O2S. The van der Waals surface area contributed by atoms with E-state index in [0.717, 1.165) is 31.9 Å². The van der Waals surface area contributed by atoms with Gasteiger partial charge in [-0.15, -0.1) is 24.0 Å². The van der Waals surface area contributed by atoms with Crippen molar-refractivity contribution in [1.29, 1.82) is 0 Å². The Kier molecular flexibility index (Phi) is 8.93. The first kappa shape index (κ1) is 17.9. The lowest BCUT2D eigenvalue weighted by molar-refractivity contribution is 0.474. The quantitative estimate of drug-likeness (QED) is 0.428. The van der Waals surface area contributed by atoms with Gasteiger partial charge in [-0.3, -0.25) is 4.99 Å². The zero-order valence-corrected chi connectivity index (χ0v) is 14.3. The molecule has 0 amide bonds. The molecule has 0 atom stereocenters. The standard InChI is InChI=1S/C11H23N3O2S.HI/c1-3-12-11(13-4-2)14-9-10-5-7-17(15,16)8-6-10;/h10H,3-9H2,1-2H3,(H2,12,13,14);1H. The van der Waals surface area contributed by atoms with Gasteiger partial charge in [0.15, 0.2) is 5.96 Å². The van der Waals surface area contributed by atoms with Crippen LogP contribution in [0.5, 0.6) is 0 Å². The fourth-order valence-electron chi connectivity index (χ4n) is 1.85. The molecule has 0 bridgehead atoms. The SMILES string of the molecule is CCNC(=NCC1CCS(=O)(=O)CC1)NCC.I. The summed E-state index contributed by atoms with van der Waals surface area (Å²) in [6, 6.07) is 0. The Labute approximate surface area is 127 Å². The number of nitrogens with zero attached hydrogens (tertiary/aromatic N) is 1. The lowest BCUT2D eigenvalue weighted by atomic mass is 10.0. The Hall–Kier alpha value is -0.0500. The number of rotatable bonds is 4. The Balaban J connectivity index is 0.00000289. The van der Waals surface area contributed by atoms with E-state index in [1.807, 2.05) is 13.8 Å². The molecule has 0 saturated carbocycles. The van der Waals surface area contributed by atoms with E-state index in [9.17, 15) is 8.42 Å². The number of aliphatic imine (C=N–C) groups is 1. The van der Waals surface area contributed by atoms with Crippen LogP contribution in [0.15, 0.2) is 4.99 Å². The number of nitrogens with one attached hydrogen (secondary N) is 2. The highest BCUT2D eigenvalue weighted by Crippen LogP contribution is 2.18. The van der Waals surface area contributed by atoms with E-state index in [-0.39, 0.29) is 24.0 Å². The number of halogens is 1. The molecular weight excluding hydrogens is 365 g/mol. The van der Waals surface area contributed by atoms with Gasteiger partial charge in [0.05, 0.1) is 11.5 Å². The molecule has 0 spiro atoms. The second kappa shape index (κ2) is 8.95. The molecule has 5 nitrogen and oxygen atoms in total. The predicted molar refractivity (Wildman–Crippen MR) is 86.4 cm³/mol. The lowest BCUT2D eigenvalue weighted by Crippen LogP contribution is -2.37. The molecule has 0 radical (unpaired) electrons. The molecule has 2 N–H and O–H groups in total. The third kappa shape index (κ3) is 6.77. The molecule has 1 heterocycles. The van der Waals surface area contributed by atoms with Crippen molar-refractivity contribution in [3.63, 3.8) is 0 Å². The summed E-state index contributed by atoms with van der Waals surface area (Å²) in [5.41, 5.74) is 0. The maximum atomic E-state index is 11.3. The Morgan fingerprint density at radius 1 is 1.17 bits per heavy atom. The number of hydrogen-bond acceptors (Lipinski definition) is 3. The average Bonchev–Trinajstić information content (AvgIpc) is 2.28. The van der Waals surface area contributed by atoms with Crippen molar-refractivity contribution in [3.8, 4) is 0 Å². The van der Waals surface area contributed by atoms with Gasteiger partial charge in [-0.05, 0) is 32.6 Å². The van der Waals surface area contributed by atoms with Gasteiger partial charge < -0.3 is 10.6 Å². The summed E-state index contributed by atoms with van der Waals surface area (Å²) in [6.45, 7) is 6.45. The second-order valence-electron chi connectivity index (χ2n) is 4.35. The van der Waals surface area contributed by atoms with Gasteiger partial charge in [0.25, 0.3) is 0 Å². The zero-order chi connectivity index (χ0) is 12.7. The van der Waals surface area contributed by atoms with E-state index in [1.54, 1.807) is 0 Å². The van der Waals surface area contributed by atoms with Gasteiger partial charge in [0.1, 0.15) is 9.84 Å². The van der Waals surface area contributed by atoms with E-state index in [1.165, 1.54) is 0 Å². The molecule has 1 rings (SSSR count). The van der Waals surface area contributed by atoms with Crippen molar-refractivity contribution >= 4 is 39.8 Å². The highest BCUT2D eigenvalue weighted by molar-refractivity contribution is 14.0. The van der Waals surface area contributed by atoms with Crippen LogP contribution in [0, 0.1) is 5.92 Å². The normalized spacial score (nSPS) is 18.6. The van der Waals surface area contributed by atoms with Gasteiger partial charge in [-0.25, -0.2) is 8.42 Å². The Bertz CT molecular complexity index is 335. The van der Waals surface area contributed by atoms with Crippen LogP contribution in [0.2, 0.25) is 0 Å². The molecule has 1 aliphatic heterocycles. The molecule has 0 aliphatic carbocycles. The molecule has 0 unspecified atom stereocenters. The van der Waals surface area contributed by atoms with Crippen molar-refractivity contribution < 1.29 is 8.42 Å². The first-order valence-corrected chi connectivity index (χ1v) is 8.12. The van der Waals surface area contributed by atoms with Crippen molar-refractivity contribution in [3.05, 3.63) is 0 Å². The van der Waals surface area contributed by atoms with E-state index in [4.69, 9.17) is 0 Å². The van der Waals surface area contributed by atoms with Gasteiger partial charge in [-0.2, -0.15) is 0 Å². The summed E-state index contributed by atoms with van der Waals surface area (Å²) in [4.78, 5) is 4.47. The van der Waals surface area contributed by atoms with Crippen LogP contribution in [0.3, 0.4) is 0 Å². The Morgan fingerprint density at radius 2 is 1.67 bits per heavy atom. The summed E-state index contributed by atoms with van der Waals surface area (Å²) in [6.07, 6.45) is 1.49. The topological polar surface area (TPSA) is 70.6 Å². The molecule has 108 valence electrons. The molecule has 0 aromatic carbocycles. The maximum absolute atomic E-state index is 11.3. The van der Waals surface area contributed by atoms with E-state index >= 15 is 0 Å². The largest absolute Gasteiger partial charge is 0.357 e. The van der Waals surface area contributed by atoms with Crippen LogP contribution in [0.1, 0.15) is 26.7 Å². The third-order valence-corrected chi connectivity index (χ3v) is 4.59. The van der Waals surface area contributed by atoms with Crippen molar-refractivity contribution in [2.75, 3.05) is 31.1 Å². The van der Waals surface area contributed by atoms with Crippen molar-refractivity contribution in [2.45, 2.75) is 26.7 Å². The fourth-order valence-corrected chi connectivity index (χ4v) is 3.44. The second-order valence-corrected chi connectivity index (χ2v) is 6.65. The monoisotopic (exact) mass is 389 g/mol. The predicted octanol–water partition coefficient (Wildman–Crippen LogP) is 1.00. The molecule has 1 aliphatic rings. The third-order valence-electron chi connectivity index (χ3n) is 2.87. The highest BCUT2D eigenvalue weighted by atomic mass is 127. The first-order chi connectivity index (χ1) is 8.07. The van der Waals surface area contributed by atoms with Crippen LogP contribution in [-0.2, 0) is 9.84 Å². The van der Waals surface area contributed by atoms with Gasteiger partial charge >= 0.3 is 0 Å². The van der Waals surface area contributed by atoms with E-state index in [2.05, 4.69) is 15.6 Å². The molecule has 7 heteroatoms. The molecule has 0 aromatic heterocycles. The Morgan fingerprint density at radius 3 is 2.11 bits per heavy atom. The van der Waals surface area contributed by atoms with Crippen LogP contribution < -0.4 is 10.6 Å². The molecule has 1 fully saturated rings. The number of sulfone groups is 1. The van der Waals surface area contributed by atoms with Gasteiger partial charge in [0.2, 0.25) is 0 Å². The zero-order valence-electron chi connectivity index (χ0n) is 11.1. The highest BCUT2D eigenvalue weighted by Gasteiger charge is 2.23. The summed E-state index contributed by atoms with van der Waals surface area (Å²) in [5.74, 6) is 1.88. The lowest BCUT2D eigenvalue weighted by Gasteiger charge is -2.20. The summed E-state index contributed by atoms with van der Waals surface area (Å²) >= 11 is 0. The first-order valence-electron chi connectivity index (χ1n) is 6.30. The molecule has 0 aromatic rings. The average molecular weight is 389 g/mol. The number of guanidine groups is 1. The maximum Gasteiger partial charge on any atom is 0.191 e. The van der Waals surface area contributed by atoms with Crippen molar-refractivity contribution in [1.82, 2.24) is 10.6 Å². The number of hydrogen-bond donors (Lipinski definition) is 2. The smallest absolute Gasteiger partial charge is 0.191 e. The van der Waals surface area contributed by atoms with Crippen molar-refractivity contribution in [2.24, 2.45) is 10.9 Å². The van der Waals surface area contributed by atoms with Crippen LogP contribution in [-0.4, -0.2) is 45.5 Å². The fraction of sp³-hybridized carbons (Fsp3) is 0.909. The van der Waals surface area contributed by atoms with E-state index < -0.39 is 9.84 Å². The van der Waals surface area contributed by atoms with Crippen LogP contribution in [0.25, 0.3) is 0 Å². The summed E-state index contributed by atoms with van der Waals surface area (Å²) < 4.78 is 22.6.